The highest BCUT2D eigenvalue weighted by atomic mass is 32.2. The van der Waals surface area contributed by atoms with Crippen LogP contribution in [0.2, 0.25) is 0 Å². The molecule has 0 radical (unpaired) electrons. The number of aromatic amines is 1. The number of hydrogen-bond donors (Lipinski definition) is 2. The Labute approximate surface area is 175 Å². The summed E-state index contributed by atoms with van der Waals surface area (Å²) in [5.74, 6) is -0.712. The average molecular weight is 438 g/mol. The van der Waals surface area contributed by atoms with E-state index >= 15 is 0 Å². The molecular formula is C19H27N5O5S. The summed E-state index contributed by atoms with van der Waals surface area (Å²) in [7, 11) is -0.963. The van der Waals surface area contributed by atoms with Gasteiger partial charge in [0.15, 0.2) is 5.69 Å². The molecule has 164 valence electrons. The van der Waals surface area contributed by atoms with E-state index in [2.05, 4.69) is 4.98 Å². The van der Waals surface area contributed by atoms with Gasteiger partial charge in [-0.25, -0.2) is 17.5 Å². The van der Waals surface area contributed by atoms with Gasteiger partial charge in [0.25, 0.3) is 11.5 Å². The van der Waals surface area contributed by atoms with Gasteiger partial charge in [-0.05, 0) is 31.5 Å². The van der Waals surface area contributed by atoms with Crippen molar-refractivity contribution in [3.63, 3.8) is 0 Å². The molecular weight excluding hydrogens is 410 g/mol. The third kappa shape index (κ3) is 4.46. The van der Waals surface area contributed by atoms with Gasteiger partial charge < -0.3 is 10.6 Å². The van der Waals surface area contributed by atoms with Crippen LogP contribution in [0, 0.1) is 0 Å². The zero-order valence-electron chi connectivity index (χ0n) is 17.5. The lowest BCUT2D eigenvalue weighted by Crippen LogP contribution is -2.41. The van der Waals surface area contributed by atoms with E-state index in [0.717, 1.165) is 15.6 Å². The van der Waals surface area contributed by atoms with Gasteiger partial charge in [-0.2, -0.15) is 0 Å². The normalized spacial score (nSPS) is 11.6. The van der Waals surface area contributed by atoms with Gasteiger partial charge in [0.05, 0.1) is 4.90 Å². The molecule has 2 aromatic rings. The highest BCUT2D eigenvalue weighted by molar-refractivity contribution is 7.89. The highest BCUT2D eigenvalue weighted by Crippen LogP contribution is 2.21. The van der Waals surface area contributed by atoms with Crippen molar-refractivity contribution in [2.24, 2.45) is 0 Å². The van der Waals surface area contributed by atoms with Crippen molar-refractivity contribution in [3.8, 4) is 0 Å². The van der Waals surface area contributed by atoms with Crippen LogP contribution in [0.5, 0.6) is 0 Å². The van der Waals surface area contributed by atoms with Crippen LogP contribution < -0.4 is 21.9 Å². The third-order valence-corrected chi connectivity index (χ3v) is 6.45. The van der Waals surface area contributed by atoms with E-state index < -0.39 is 27.2 Å². The number of sulfonamides is 1. The molecule has 0 aliphatic carbocycles. The van der Waals surface area contributed by atoms with Crippen LogP contribution in [0.1, 0.15) is 37.0 Å². The van der Waals surface area contributed by atoms with Gasteiger partial charge in [0.2, 0.25) is 10.0 Å². The molecule has 0 aliphatic heterocycles. The molecule has 1 aromatic heterocycles. The summed E-state index contributed by atoms with van der Waals surface area (Å²) in [5, 5.41) is 0. The number of nitrogens with one attached hydrogen (secondary N) is 1. The van der Waals surface area contributed by atoms with Crippen molar-refractivity contribution in [3.05, 3.63) is 50.7 Å². The summed E-state index contributed by atoms with van der Waals surface area (Å²) in [6.07, 6.45) is 1.48. The largest absolute Gasteiger partial charge is 0.383 e. The minimum atomic E-state index is -3.74. The minimum Gasteiger partial charge on any atom is -0.383 e. The predicted octanol–water partition coefficient (Wildman–Crippen LogP) is 0.836. The quantitative estimate of drug-likeness (QED) is 0.627. The van der Waals surface area contributed by atoms with Crippen LogP contribution in [0.4, 0.5) is 11.5 Å². The first-order valence-corrected chi connectivity index (χ1v) is 11.0. The Morgan fingerprint density at radius 2 is 1.87 bits per heavy atom. The summed E-state index contributed by atoms with van der Waals surface area (Å²) in [5.41, 5.74) is 4.62. The molecule has 3 N–H and O–H groups in total. The van der Waals surface area contributed by atoms with E-state index in [1.54, 1.807) is 6.92 Å². The van der Waals surface area contributed by atoms with Crippen molar-refractivity contribution in [2.75, 3.05) is 31.3 Å². The summed E-state index contributed by atoms with van der Waals surface area (Å²) in [4.78, 5) is 41.1. The smallest absolute Gasteiger partial charge is 0.330 e. The summed E-state index contributed by atoms with van der Waals surface area (Å²) in [6.45, 7) is 3.99. The van der Waals surface area contributed by atoms with E-state index in [0.29, 0.717) is 13.0 Å². The van der Waals surface area contributed by atoms with Crippen LogP contribution in [0.15, 0.2) is 38.8 Å². The maximum atomic E-state index is 13.2. The Hall–Kier alpha value is -2.92. The highest BCUT2D eigenvalue weighted by Gasteiger charge is 2.25. The Kier molecular flexibility index (Phi) is 7.21. The molecule has 0 spiro atoms. The number of aromatic nitrogens is 2. The van der Waals surface area contributed by atoms with Gasteiger partial charge in [0.1, 0.15) is 5.82 Å². The van der Waals surface area contributed by atoms with Crippen molar-refractivity contribution >= 4 is 27.4 Å². The van der Waals surface area contributed by atoms with Gasteiger partial charge in [-0.3, -0.25) is 19.1 Å². The molecule has 0 atom stereocenters. The van der Waals surface area contributed by atoms with Gasteiger partial charge >= 0.3 is 5.69 Å². The lowest BCUT2D eigenvalue weighted by molar-refractivity contribution is 0.0987. The van der Waals surface area contributed by atoms with Crippen LogP contribution in [0.25, 0.3) is 0 Å². The molecule has 10 nitrogen and oxygen atoms in total. The summed E-state index contributed by atoms with van der Waals surface area (Å²) >= 11 is 0. The van der Waals surface area contributed by atoms with Crippen molar-refractivity contribution in [1.29, 1.82) is 0 Å². The number of unbranched alkanes of at least 4 members (excludes halogenated alkanes) is 1. The SMILES string of the molecule is CCCCn1c(N)c(N(CC)C(=O)c2cccc(S(=O)(=O)N(C)C)c2)c(=O)[nH]c1=O. The number of carbonyl (C=O) groups is 1. The van der Waals surface area contributed by atoms with Gasteiger partial charge in [-0.15, -0.1) is 0 Å². The number of nitrogens with zero attached hydrogens (tertiary/aromatic N) is 3. The number of rotatable bonds is 8. The van der Waals surface area contributed by atoms with Crippen LogP contribution in [0.3, 0.4) is 0 Å². The number of carbonyl (C=O) groups excluding carboxylic acids is 1. The molecule has 1 aromatic carbocycles. The maximum absolute atomic E-state index is 13.2. The van der Waals surface area contributed by atoms with Gasteiger partial charge in [0, 0.05) is 32.7 Å². The lowest BCUT2D eigenvalue weighted by Gasteiger charge is -2.23. The monoisotopic (exact) mass is 437 g/mol. The van der Waals surface area contributed by atoms with Crippen LogP contribution in [-0.4, -0.2) is 48.8 Å². The van der Waals surface area contributed by atoms with E-state index in [-0.39, 0.29) is 28.5 Å². The van der Waals surface area contributed by atoms with Crippen LogP contribution in [-0.2, 0) is 16.6 Å². The summed E-state index contributed by atoms with van der Waals surface area (Å²) < 4.78 is 27.1. The molecule has 0 saturated heterocycles. The first-order valence-electron chi connectivity index (χ1n) is 9.53. The fourth-order valence-corrected chi connectivity index (χ4v) is 3.88. The number of nitrogen functional groups attached to an aromatic ring is 1. The zero-order chi connectivity index (χ0) is 22.6. The number of hydrogen-bond acceptors (Lipinski definition) is 6. The number of anilines is 2. The van der Waals surface area contributed by atoms with E-state index in [1.807, 2.05) is 6.92 Å². The number of nitrogens with two attached hydrogens (primary N) is 1. The van der Waals surface area contributed by atoms with Crippen molar-refractivity contribution in [1.82, 2.24) is 13.9 Å². The molecule has 1 amide bonds. The Morgan fingerprint density at radius 3 is 2.43 bits per heavy atom. The molecule has 0 saturated carbocycles. The molecule has 11 heteroatoms. The molecule has 0 bridgehead atoms. The second kappa shape index (κ2) is 9.26. The van der Waals surface area contributed by atoms with E-state index in [1.165, 1.54) is 42.9 Å². The first kappa shape index (κ1) is 23.4. The van der Waals surface area contributed by atoms with Crippen molar-refractivity contribution in [2.45, 2.75) is 38.1 Å². The number of amides is 1. The first-order chi connectivity index (χ1) is 14.1. The fourth-order valence-electron chi connectivity index (χ4n) is 2.94. The second-order valence-electron chi connectivity index (χ2n) is 6.86. The molecule has 0 fully saturated rings. The Balaban J connectivity index is 2.58. The minimum absolute atomic E-state index is 0.0517. The number of benzene rings is 1. The predicted molar refractivity (Wildman–Crippen MR) is 115 cm³/mol. The fraction of sp³-hybridized carbons (Fsp3) is 0.421. The Bertz CT molecular complexity index is 1150. The lowest BCUT2D eigenvalue weighted by atomic mass is 10.2. The molecule has 30 heavy (non-hydrogen) atoms. The van der Waals surface area contributed by atoms with E-state index in [4.69, 9.17) is 5.73 Å². The van der Waals surface area contributed by atoms with E-state index in [9.17, 15) is 22.8 Å². The zero-order valence-corrected chi connectivity index (χ0v) is 18.3. The van der Waals surface area contributed by atoms with Crippen LogP contribution >= 0.6 is 0 Å². The van der Waals surface area contributed by atoms with Gasteiger partial charge in [-0.1, -0.05) is 19.4 Å². The van der Waals surface area contributed by atoms with Crippen molar-refractivity contribution < 1.29 is 13.2 Å². The molecule has 0 aliphatic rings. The maximum Gasteiger partial charge on any atom is 0.330 e. The standard InChI is InChI=1S/C19H27N5O5S/c1-5-7-11-24-16(20)15(17(25)21-19(24)27)23(6-2)18(26)13-9-8-10-14(12-13)30(28,29)22(3)4/h8-10,12H,5-7,11,20H2,1-4H3,(H,21,25,27). The number of H-pyrrole nitrogens is 1. The summed E-state index contributed by atoms with van der Waals surface area (Å²) in [6, 6.07) is 5.54. The molecule has 0 unspecified atom stereocenters. The average Bonchev–Trinajstić information content (AvgIpc) is 2.70. The third-order valence-electron chi connectivity index (χ3n) is 4.64. The second-order valence-corrected chi connectivity index (χ2v) is 9.01. The molecule has 1 heterocycles. The topological polar surface area (TPSA) is 139 Å². The molecule has 2 rings (SSSR count). The Morgan fingerprint density at radius 1 is 1.20 bits per heavy atom.